The lowest BCUT2D eigenvalue weighted by atomic mass is 10.1. The van der Waals surface area contributed by atoms with E-state index in [1.807, 2.05) is 42.5 Å². The molecule has 0 aliphatic rings. The lowest BCUT2D eigenvalue weighted by Crippen LogP contribution is -2.17. The normalized spacial score (nSPS) is 12.3. The molecule has 1 aromatic heterocycles. The summed E-state index contributed by atoms with van der Waals surface area (Å²) in [5.41, 5.74) is 2.37. The molecule has 2 nitrogen and oxygen atoms in total. The molecule has 0 spiro atoms. The summed E-state index contributed by atoms with van der Waals surface area (Å²) >= 11 is 3.45. The zero-order valence-electron chi connectivity index (χ0n) is 12.4. The molecular weight excluding hydrogens is 338 g/mol. The predicted octanol–water partition coefficient (Wildman–Crippen LogP) is 5.56. The zero-order valence-corrected chi connectivity index (χ0v) is 14.0. The lowest BCUT2D eigenvalue weighted by Gasteiger charge is -2.12. The Labute approximate surface area is 139 Å². The van der Waals surface area contributed by atoms with Crippen LogP contribution in [0.15, 0.2) is 75.6 Å². The molecule has 112 valence electrons. The minimum Gasteiger partial charge on any atom is -0.460 e. The van der Waals surface area contributed by atoms with Crippen LogP contribution in [0.25, 0.3) is 11.3 Å². The van der Waals surface area contributed by atoms with E-state index in [9.17, 15) is 0 Å². The van der Waals surface area contributed by atoms with E-state index in [-0.39, 0.29) is 0 Å². The van der Waals surface area contributed by atoms with Crippen LogP contribution in [0.1, 0.15) is 24.3 Å². The molecular formula is C19H18BrNO. The van der Waals surface area contributed by atoms with Crippen LogP contribution in [0.3, 0.4) is 0 Å². The van der Waals surface area contributed by atoms with E-state index in [2.05, 4.69) is 52.4 Å². The van der Waals surface area contributed by atoms with Gasteiger partial charge in [0.05, 0.1) is 6.54 Å². The average Bonchev–Trinajstić information content (AvgIpc) is 3.03. The Morgan fingerprint density at radius 1 is 0.955 bits per heavy atom. The van der Waals surface area contributed by atoms with Crippen LogP contribution in [-0.4, -0.2) is 0 Å². The van der Waals surface area contributed by atoms with Crippen molar-refractivity contribution >= 4 is 15.9 Å². The van der Waals surface area contributed by atoms with Crippen LogP contribution in [0.5, 0.6) is 0 Å². The van der Waals surface area contributed by atoms with Gasteiger partial charge in [-0.3, -0.25) is 0 Å². The molecule has 0 radical (unpaired) electrons. The minimum absolute atomic E-state index is 0.294. The fraction of sp³-hybridized carbons (Fsp3) is 0.158. The number of rotatable bonds is 5. The first-order valence-electron chi connectivity index (χ1n) is 7.35. The van der Waals surface area contributed by atoms with Crippen molar-refractivity contribution in [2.45, 2.75) is 19.5 Å². The Bertz CT molecular complexity index is 719. The standard InChI is InChI=1S/C19H18BrNO/c1-14(15-5-3-2-4-6-15)21-13-18-11-12-19(22-18)16-7-9-17(20)10-8-16/h2-12,14,21H,13H2,1H3/t14-/m0/s1. The highest BCUT2D eigenvalue weighted by Crippen LogP contribution is 2.24. The van der Waals surface area contributed by atoms with Crippen LogP contribution in [0.2, 0.25) is 0 Å². The summed E-state index contributed by atoms with van der Waals surface area (Å²) in [6.45, 7) is 2.88. The molecule has 3 aromatic rings. The van der Waals surface area contributed by atoms with Gasteiger partial charge in [0.1, 0.15) is 11.5 Å². The molecule has 1 heterocycles. The van der Waals surface area contributed by atoms with Crippen molar-refractivity contribution in [1.29, 1.82) is 0 Å². The van der Waals surface area contributed by atoms with E-state index in [0.717, 1.165) is 21.6 Å². The van der Waals surface area contributed by atoms with Gasteiger partial charge in [-0.25, -0.2) is 0 Å². The summed E-state index contributed by atoms with van der Waals surface area (Å²) < 4.78 is 6.99. The third kappa shape index (κ3) is 3.67. The molecule has 3 rings (SSSR count). The van der Waals surface area contributed by atoms with E-state index in [1.165, 1.54) is 5.56 Å². The molecule has 0 aliphatic heterocycles. The number of nitrogens with one attached hydrogen (secondary N) is 1. The highest BCUT2D eigenvalue weighted by molar-refractivity contribution is 9.10. The van der Waals surface area contributed by atoms with Crippen molar-refractivity contribution in [3.05, 3.63) is 82.5 Å². The Balaban J connectivity index is 1.63. The number of benzene rings is 2. The van der Waals surface area contributed by atoms with E-state index in [4.69, 9.17) is 4.42 Å². The first kappa shape index (κ1) is 15.1. The van der Waals surface area contributed by atoms with Crippen molar-refractivity contribution in [3.8, 4) is 11.3 Å². The van der Waals surface area contributed by atoms with Crippen molar-refractivity contribution in [1.82, 2.24) is 5.32 Å². The number of halogens is 1. The summed E-state index contributed by atoms with van der Waals surface area (Å²) in [5.74, 6) is 1.84. The Morgan fingerprint density at radius 2 is 1.68 bits per heavy atom. The van der Waals surface area contributed by atoms with Gasteiger partial charge >= 0.3 is 0 Å². The Kier molecular flexibility index (Phi) is 4.76. The lowest BCUT2D eigenvalue weighted by molar-refractivity contribution is 0.468. The number of hydrogen-bond donors (Lipinski definition) is 1. The summed E-state index contributed by atoms with van der Waals surface area (Å²) in [4.78, 5) is 0. The first-order chi connectivity index (χ1) is 10.7. The predicted molar refractivity (Wildman–Crippen MR) is 93.5 cm³/mol. The van der Waals surface area contributed by atoms with Crippen molar-refractivity contribution in [3.63, 3.8) is 0 Å². The van der Waals surface area contributed by atoms with Gasteiger partial charge in [-0.15, -0.1) is 0 Å². The van der Waals surface area contributed by atoms with Gasteiger partial charge in [0.25, 0.3) is 0 Å². The van der Waals surface area contributed by atoms with Crippen molar-refractivity contribution in [2.24, 2.45) is 0 Å². The summed E-state index contributed by atoms with van der Waals surface area (Å²) in [7, 11) is 0. The maximum atomic E-state index is 5.92. The van der Waals surface area contributed by atoms with Gasteiger partial charge in [-0.2, -0.15) is 0 Å². The van der Waals surface area contributed by atoms with Gasteiger partial charge in [0.2, 0.25) is 0 Å². The maximum Gasteiger partial charge on any atom is 0.134 e. The molecule has 0 bridgehead atoms. The molecule has 0 saturated carbocycles. The second-order valence-corrected chi connectivity index (χ2v) is 6.20. The molecule has 0 amide bonds. The van der Waals surface area contributed by atoms with Crippen LogP contribution in [-0.2, 0) is 6.54 Å². The summed E-state index contributed by atoms with van der Waals surface area (Å²) in [5, 5.41) is 3.49. The van der Waals surface area contributed by atoms with Crippen LogP contribution in [0, 0.1) is 0 Å². The summed E-state index contributed by atoms with van der Waals surface area (Å²) in [6, 6.07) is 22.9. The second kappa shape index (κ2) is 6.95. The molecule has 0 aliphatic carbocycles. The quantitative estimate of drug-likeness (QED) is 0.647. The third-order valence-electron chi connectivity index (χ3n) is 3.67. The van der Waals surface area contributed by atoms with Crippen molar-refractivity contribution in [2.75, 3.05) is 0 Å². The highest BCUT2D eigenvalue weighted by Gasteiger charge is 2.07. The Hall–Kier alpha value is -1.84. The van der Waals surface area contributed by atoms with Crippen LogP contribution < -0.4 is 5.32 Å². The molecule has 0 unspecified atom stereocenters. The molecule has 0 saturated heterocycles. The monoisotopic (exact) mass is 355 g/mol. The fourth-order valence-corrected chi connectivity index (χ4v) is 2.62. The zero-order chi connectivity index (χ0) is 15.4. The molecule has 1 atom stereocenters. The first-order valence-corrected chi connectivity index (χ1v) is 8.14. The van der Waals surface area contributed by atoms with E-state index in [0.29, 0.717) is 12.6 Å². The highest BCUT2D eigenvalue weighted by atomic mass is 79.9. The Morgan fingerprint density at radius 3 is 2.41 bits per heavy atom. The molecule has 1 N–H and O–H groups in total. The minimum atomic E-state index is 0.294. The van der Waals surface area contributed by atoms with Crippen LogP contribution >= 0.6 is 15.9 Å². The van der Waals surface area contributed by atoms with E-state index in [1.54, 1.807) is 0 Å². The molecule has 0 fully saturated rings. The fourth-order valence-electron chi connectivity index (χ4n) is 2.36. The van der Waals surface area contributed by atoms with Gasteiger partial charge < -0.3 is 9.73 Å². The second-order valence-electron chi connectivity index (χ2n) is 5.29. The largest absolute Gasteiger partial charge is 0.460 e. The van der Waals surface area contributed by atoms with Crippen molar-refractivity contribution < 1.29 is 4.42 Å². The summed E-state index contributed by atoms with van der Waals surface area (Å²) in [6.07, 6.45) is 0. The van der Waals surface area contributed by atoms with Gasteiger partial charge in [-0.05, 0) is 36.8 Å². The van der Waals surface area contributed by atoms with E-state index < -0.39 is 0 Å². The molecule has 3 heteroatoms. The van der Waals surface area contributed by atoms with Crippen LogP contribution in [0.4, 0.5) is 0 Å². The van der Waals surface area contributed by atoms with Gasteiger partial charge in [0.15, 0.2) is 0 Å². The number of hydrogen-bond acceptors (Lipinski definition) is 2. The average molecular weight is 356 g/mol. The van der Waals surface area contributed by atoms with E-state index >= 15 is 0 Å². The SMILES string of the molecule is C[C@H](NCc1ccc(-c2ccc(Br)cc2)o1)c1ccccc1. The maximum absolute atomic E-state index is 5.92. The molecule has 2 aromatic carbocycles. The topological polar surface area (TPSA) is 25.2 Å². The smallest absolute Gasteiger partial charge is 0.134 e. The third-order valence-corrected chi connectivity index (χ3v) is 4.20. The number of furan rings is 1. The molecule has 22 heavy (non-hydrogen) atoms. The van der Waals surface area contributed by atoms with Gasteiger partial charge in [-0.1, -0.05) is 58.4 Å². The van der Waals surface area contributed by atoms with Gasteiger partial charge in [0, 0.05) is 16.1 Å².